The maximum absolute atomic E-state index is 2.52. The number of hydrogen-bond donors (Lipinski definition) is 0. The van der Waals surface area contributed by atoms with Crippen molar-refractivity contribution in [3.63, 3.8) is 0 Å². The van der Waals surface area contributed by atoms with Gasteiger partial charge in [0.25, 0.3) is 0 Å². The zero-order valence-electron chi connectivity index (χ0n) is 27.7. The smallest absolute Gasteiger partial charge is 0.178 e. The molecule has 0 amide bonds. The summed E-state index contributed by atoms with van der Waals surface area (Å²) in [5.74, 6) is 0. The summed E-state index contributed by atoms with van der Waals surface area (Å²) >= 11 is 0. The highest BCUT2D eigenvalue weighted by Gasteiger charge is 2.08. The maximum atomic E-state index is 2.52. The van der Waals surface area contributed by atoms with Crippen LogP contribution in [0.15, 0.2) is 91.4 Å². The lowest BCUT2D eigenvalue weighted by molar-refractivity contribution is -0.703. The average molecular weight is 805 g/mol. The normalized spacial score (nSPS) is 10.5. The van der Waals surface area contributed by atoms with Crippen molar-refractivity contribution >= 4 is 0 Å². The molecule has 0 unspecified atom stereocenters. The largest absolute Gasteiger partial charge is 1.00 e. The SMILES string of the molecule is Cc1cccc[n+]1CCCCCc1cc(CCCCC[n+]2ccccc2C)cc(CCCCC[n+]2ccccc2C)c1.[Br-].[Br-].[Br-]. The van der Waals surface area contributed by atoms with E-state index >= 15 is 0 Å². The minimum Gasteiger partial charge on any atom is -1.00 e. The molecule has 0 spiro atoms. The van der Waals surface area contributed by atoms with Gasteiger partial charge < -0.3 is 50.9 Å². The minimum atomic E-state index is 0. The molecule has 0 radical (unpaired) electrons. The van der Waals surface area contributed by atoms with Crippen molar-refractivity contribution in [2.45, 2.75) is 117 Å². The van der Waals surface area contributed by atoms with Crippen LogP contribution in [0.4, 0.5) is 0 Å². The lowest BCUT2D eigenvalue weighted by atomic mass is 9.95. The fourth-order valence-corrected chi connectivity index (χ4v) is 6.07. The van der Waals surface area contributed by atoms with Gasteiger partial charge in [0.15, 0.2) is 35.7 Å². The second-order valence-electron chi connectivity index (χ2n) is 12.2. The molecule has 0 aliphatic rings. The summed E-state index contributed by atoms with van der Waals surface area (Å²) in [6.07, 6.45) is 21.7. The zero-order valence-corrected chi connectivity index (χ0v) is 32.5. The molecule has 3 nitrogen and oxygen atoms in total. The van der Waals surface area contributed by atoms with Crippen molar-refractivity contribution in [1.29, 1.82) is 0 Å². The van der Waals surface area contributed by atoms with E-state index < -0.39 is 0 Å². The second-order valence-corrected chi connectivity index (χ2v) is 12.2. The molecule has 0 saturated heterocycles. The van der Waals surface area contributed by atoms with Gasteiger partial charge in [-0.3, -0.25) is 0 Å². The molecule has 0 bridgehead atoms. The summed E-state index contributed by atoms with van der Waals surface area (Å²) in [5.41, 5.74) is 8.71. The highest BCUT2D eigenvalue weighted by atomic mass is 79.9. The standard InChI is InChI=1S/C39H54N3.3BrH/c1-34-19-10-16-28-40(34)25-13-4-7-22-37-31-38(23-8-5-14-26-41-29-17-11-20-35(41)2)33-39(32-37)24-9-6-15-27-42-30-18-12-21-36(42)3;;;/h10-12,16-21,28-33H,4-9,13-15,22-27H2,1-3H3;3*1H/q+3;;;/p-3. The Morgan fingerprint density at radius 3 is 0.933 bits per heavy atom. The van der Waals surface area contributed by atoms with E-state index in [0.29, 0.717) is 0 Å². The molecule has 0 atom stereocenters. The molecule has 4 aromatic rings. The van der Waals surface area contributed by atoms with Crippen LogP contribution in [-0.2, 0) is 38.9 Å². The van der Waals surface area contributed by atoms with Gasteiger partial charge in [0.1, 0.15) is 19.6 Å². The molecule has 3 heterocycles. The molecule has 45 heavy (non-hydrogen) atoms. The van der Waals surface area contributed by atoms with Gasteiger partial charge in [0.05, 0.1) is 0 Å². The summed E-state index contributed by atoms with van der Waals surface area (Å²) < 4.78 is 7.15. The zero-order chi connectivity index (χ0) is 29.4. The first kappa shape index (κ1) is 41.1. The Labute approximate surface area is 305 Å². The Balaban J connectivity index is 0.00000337. The van der Waals surface area contributed by atoms with E-state index in [-0.39, 0.29) is 50.9 Å². The molecule has 0 aliphatic heterocycles. The van der Waals surface area contributed by atoms with E-state index in [1.807, 2.05) is 0 Å². The van der Waals surface area contributed by atoms with Gasteiger partial charge in [-0.1, -0.05) is 36.4 Å². The molecule has 0 aliphatic carbocycles. The third-order valence-electron chi connectivity index (χ3n) is 8.71. The summed E-state index contributed by atoms with van der Waals surface area (Å²) in [6.45, 7) is 9.99. The predicted molar refractivity (Wildman–Crippen MR) is 173 cm³/mol. The quantitative estimate of drug-likeness (QED) is 0.0880. The Morgan fingerprint density at radius 2 is 0.667 bits per heavy atom. The van der Waals surface area contributed by atoms with E-state index in [1.165, 1.54) is 94.1 Å². The van der Waals surface area contributed by atoms with Gasteiger partial charge >= 0.3 is 0 Å². The van der Waals surface area contributed by atoms with Crippen LogP contribution < -0.4 is 64.6 Å². The van der Waals surface area contributed by atoms with Gasteiger partial charge in [-0.15, -0.1) is 0 Å². The van der Waals surface area contributed by atoms with E-state index in [2.05, 4.69) is 126 Å². The third-order valence-corrected chi connectivity index (χ3v) is 8.71. The monoisotopic (exact) mass is 801 g/mol. The summed E-state index contributed by atoms with van der Waals surface area (Å²) in [7, 11) is 0. The van der Waals surface area contributed by atoms with Gasteiger partial charge in [0, 0.05) is 76.4 Å². The first-order chi connectivity index (χ1) is 20.6. The molecule has 0 saturated carbocycles. The molecular weight excluding hydrogens is 750 g/mol. The van der Waals surface area contributed by atoms with Crippen molar-refractivity contribution in [2.24, 2.45) is 0 Å². The molecule has 246 valence electrons. The molecule has 6 heteroatoms. The number of rotatable bonds is 18. The number of benzene rings is 1. The van der Waals surface area contributed by atoms with Crippen molar-refractivity contribution in [3.05, 3.63) is 125 Å². The lowest BCUT2D eigenvalue weighted by Gasteiger charge is -2.11. The first-order valence-electron chi connectivity index (χ1n) is 16.6. The summed E-state index contributed by atoms with van der Waals surface area (Å²) in [5, 5.41) is 0. The first-order valence-corrected chi connectivity index (χ1v) is 16.6. The van der Waals surface area contributed by atoms with E-state index in [9.17, 15) is 0 Å². The van der Waals surface area contributed by atoms with Crippen LogP contribution in [0, 0.1) is 20.8 Å². The number of unbranched alkanes of at least 4 members (excludes halogenated alkanes) is 6. The second kappa shape index (κ2) is 23.4. The maximum Gasteiger partial charge on any atom is 0.178 e. The van der Waals surface area contributed by atoms with Gasteiger partial charge in [-0.25, -0.2) is 13.7 Å². The Bertz CT molecular complexity index is 1200. The minimum absolute atomic E-state index is 0. The fourth-order valence-electron chi connectivity index (χ4n) is 6.07. The Kier molecular flexibility index (Phi) is 21.4. The van der Waals surface area contributed by atoms with Crippen molar-refractivity contribution in [2.75, 3.05) is 0 Å². The van der Waals surface area contributed by atoms with Gasteiger partial charge in [-0.05, 0) is 74.5 Å². The number of aromatic nitrogens is 3. The van der Waals surface area contributed by atoms with Crippen LogP contribution in [0.3, 0.4) is 0 Å². The van der Waals surface area contributed by atoms with Gasteiger partial charge in [0.2, 0.25) is 0 Å². The van der Waals surface area contributed by atoms with Crippen molar-refractivity contribution in [3.8, 4) is 0 Å². The highest BCUT2D eigenvalue weighted by molar-refractivity contribution is 5.30. The number of pyridine rings is 3. The molecular formula is C39H54Br3N3. The van der Waals surface area contributed by atoms with Crippen LogP contribution in [-0.4, -0.2) is 0 Å². The van der Waals surface area contributed by atoms with Crippen molar-refractivity contribution < 1.29 is 64.6 Å². The van der Waals surface area contributed by atoms with Gasteiger partial charge in [-0.2, -0.15) is 0 Å². The number of nitrogens with zero attached hydrogens (tertiary/aromatic N) is 3. The third kappa shape index (κ3) is 15.0. The topological polar surface area (TPSA) is 11.6 Å². The van der Waals surface area contributed by atoms with Crippen LogP contribution in [0.5, 0.6) is 0 Å². The van der Waals surface area contributed by atoms with Crippen LogP contribution >= 0.6 is 0 Å². The Morgan fingerprint density at radius 1 is 0.378 bits per heavy atom. The molecule has 0 fully saturated rings. The van der Waals surface area contributed by atoms with Crippen molar-refractivity contribution in [1.82, 2.24) is 0 Å². The van der Waals surface area contributed by atoms with E-state index in [0.717, 1.165) is 19.6 Å². The predicted octanol–water partition coefficient (Wildman–Crippen LogP) is -1.27. The van der Waals surface area contributed by atoms with E-state index in [4.69, 9.17) is 0 Å². The summed E-state index contributed by atoms with van der Waals surface area (Å²) in [4.78, 5) is 0. The number of halogens is 3. The number of hydrogen-bond acceptors (Lipinski definition) is 0. The molecule has 0 N–H and O–H groups in total. The highest BCUT2D eigenvalue weighted by Crippen LogP contribution is 2.18. The molecule has 1 aromatic carbocycles. The van der Waals surface area contributed by atoms with E-state index in [1.54, 1.807) is 16.7 Å². The number of aryl methyl sites for hydroxylation is 9. The molecule has 4 rings (SSSR count). The average Bonchev–Trinajstić information content (AvgIpc) is 2.99. The molecule has 3 aromatic heterocycles. The van der Waals surface area contributed by atoms with Crippen LogP contribution in [0.1, 0.15) is 91.6 Å². The van der Waals surface area contributed by atoms with Crippen LogP contribution in [0.25, 0.3) is 0 Å². The summed E-state index contributed by atoms with van der Waals surface area (Å²) in [6, 6.07) is 27.0. The fraction of sp³-hybridized carbons (Fsp3) is 0.462. The van der Waals surface area contributed by atoms with Crippen LogP contribution in [0.2, 0.25) is 0 Å². The lowest BCUT2D eigenvalue weighted by Crippen LogP contribution is -3.00. The Hall–Kier alpha value is -1.89.